The van der Waals surface area contributed by atoms with Crippen molar-refractivity contribution >= 4 is 5.91 Å². The molecule has 3 rings (SSSR count). The first-order valence-corrected chi connectivity index (χ1v) is 8.05. The van der Waals surface area contributed by atoms with Crippen LogP contribution in [-0.4, -0.2) is 48.1 Å². The molecule has 1 amide bonds. The highest BCUT2D eigenvalue weighted by atomic mass is 19.2. The summed E-state index contributed by atoms with van der Waals surface area (Å²) in [4.78, 5) is 15.7. The summed E-state index contributed by atoms with van der Waals surface area (Å²) in [6, 6.07) is 3.73. The van der Waals surface area contributed by atoms with E-state index < -0.39 is 11.6 Å². The average molecular weight is 350 g/mol. The molecule has 2 fully saturated rings. The molecule has 1 unspecified atom stereocenters. The fourth-order valence-electron chi connectivity index (χ4n) is 3.01. The second-order valence-electron chi connectivity index (χ2n) is 6.06. The number of fused-ring (bicyclic) bond motifs is 1. The number of hydrogen-bond donors (Lipinski definition) is 0. The molecule has 0 radical (unpaired) electrons. The first-order chi connectivity index (χ1) is 12.0. The summed E-state index contributed by atoms with van der Waals surface area (Å²) in [6.45, 7) is 7.85. The molecule has 134 valence electrons. The lowest BCUT2D eigenvalue weighted by Gasteiger charge is -2.31. The number of morpholine rings is 1. The van der Waals surface area contributed by atoms with Gasteiger partial charge in [0.1, 0.15) is 18.2 Å². The Kier molecular flexibility index (Phi) is 5.03. The van der Waals surface area contributed by atoms with Crippen LogP contribution in [0.25, 0.3) is 0 Å². The summed E-state index contributed by atoms with van der Waals surface area (Å²) < 4.78 is 37.2. The topological polar surface area (TPSA) is 42.0 Å². The van der Waals surface area contributed by atoms with Crippen LogP contribution in [0.15, 0.2) is 42.4 Å². The van der Waals surface area contributed by atoms with Crippen molar-refractivity contribution in [3.63, 3.8) is 0 Å². The van der Waals surface area contributed by atoms with Crippen LogP contribution in [0.5, 0.6) is 0 Å². The van der Waals surface area contributed by atoms with E-state index in [0.717, 1.165) is 18.0 Å². The van der Waals surface area contributed by atoms with Crippen LogP contribution in [-0.2, 0) is 20.9 Å². The van der Waals surface area contributed by atoms with E-state index >= 15 is 0 Å². The summed E-state index contributed by atoms with van der Waals surface area (Å²) in [5.74, 6) is -0.797. The third-order valence-electron chi connectivity index (χ3n) is 4.27. The first kappa shape index (κ1) is 17.4. The summed E-state index contributed by atoms with van der Waals surface area (Å²) in [6.07, 6.45) is 1.70. The van der Waals surface area contributed by atoms with Crippen LogP contribution < -0.4 is 0 Å². The van der Waals surface area contributed by atoms with Gasteiger partial charge in [-0.05, 0) is 17.7 Å². The third kappa shape index (κ3) is 3.82. The van der Waals surface area contributed by atoms with Gasteiger partial charge in [-0.25, -0.2) is 8.78 Å². The normalized spacial score (nSPS) is 21.4. The highest BCUT2D eigenvalue weighted by Crippen LogP contribution is 2.27. The minimum absolute atomic E-state index is 0.0611. The molecule has 2 aliphatic rings. The molecular weight excluding hydrogens is 330 g/mol. The van der Waals surface area contributed by atoms with Crippen molar-refractivity contribution in [3.8, 4) is 0 Å². The van der Waals surface area contributed by atoms with Crippen LogP contribution >= 0.6 is 0 Å². The highest BCUT2D eigenvalue weighted by Gasteiger charge is 2.37. The van der Waals surface area contributed by atoms with E-state index in [2.05, 4.69) is 11.5 Å². The number of nitrogens with zero attached hydrogens (tertiary/aromatic N) is 2. The summed E-state index contributed by atoms with van der Waals surface area (Å²) in [5.41, 5.74) is 0.498. The number of hydrogen-bond acceptors (Lipinski definition) is 4. The minimum Gasteiger partial charge on any atom is -0.489 e. The van der Waals surface area contributed by atoms with Crippen molar-refractivity contribution in [2.75, 3.05) is 26.3 Å². The van der Waals surface area contributed by atoms with Gasteiger partial charge in [-0.1, -0.05) is 12.6 Å². The molecule has 0 spiro atoms. The molecule has 0 N–H and O–H groups in total. The number of allylic oxidation sites excluding steroid dienone is 1. The molecule has 0 aromatic heterocycles. The Morgan fingerprint density at radius 1 is 1.44 bits per heavy atom. The Balaban J connectivity index is 1.69. The zero-order valence-electron chi connectivity index (χ0n) is 14.0. The van der Waals surface area contributed by atoms with Gasteiger partial charge in [-0.15, -0.1) is 0 Å². The fraction of sp³-hybridized carbons (Fsp3) is 0.389. The van der Waals surface area contributed by atoms with Crippen molar-refractivity contribution in [2.45, 2.75) is 19.6 Å². The standard InChI is InChI=1S/C18H20F2N2O3/c1-12(25-10-14-3-4-16(19)17(20)8-14)7-18-21-5-6-24-11-15(21)9-22(18)13(2)23/h3-4,7-8,15H,1,5-6,9-11H2,2H3/b18-7-. The molecule has 0 saturated carbocycles. The van der Waals surface area contributed by atoms with E-state index in [1.165, 1.54) is 13.0 Å². The molecule has 2 aliphatic heterocycles. The third-order valence-corrected chi connectivity index (χ3v) is 4.27. The van der Waals surface area contributed by atoms with Crippen LogP contribution in [0.2, 0.25) is 0 Å². The van der Waals surface area contributed by atoms with E-state index in [-0.39, 0.29) is 18.6 Å². The quantitative estimate of drug-likeness (QED) is 0.782. The lowest BCUT2D eigenvalue weighted by Crippen LogP contribution is -2.41. The Morgan fingerprint density at radius 3 is 2.96 bits per heavy atom. The summed E-state index contributed by atoms with van der Waals surface area (Å²) in [7, 11) is 0. The van der Waals surface area contributed by atoms with E-state index in [1.54, 1.807) is 11.0 Å². The van der Waals surface area contributed by atoms with Gasteiger partial charge >= 0.3 is 0 Å². The lowest BCUT2D eigenvalue weighted by atomic mass is 10.2. The Labute approximate surface area is 145 Å². The largest absolute Gasteiger partial charge is 0.489 e. The Morgan fingerprint density at radius 2 is 2.24 bits per heavy atom. The predicted molar refractivity (Wildman–Crippen MR) is 87.1 cm³/mol. The fourth-order valence-corrected chi connectivity index (χ4v) is 3.01. The molecule has 2 saturated heterocycles. The Bertz CT molecular complexity index is 720. The SMILES string of the molecule is C=C(/C=C1\N(C(C)=O)CC2COCCN12)OCc1ccc(F)c(F)c1. The molecule has 5 nitrogen and oxygen atoms in total. The smallest absolute Gasteiger partial charge is 0.225 e. The molecular formula is C18H20F2N2O3. The molecule has 1 aromatic carbocycles. The van der Waals surface area contributed by atoms with Crippen LogP contribution in [0.1, 0.15) is 12.5 Å². The number of carbonyl (C=O) groups excluding carboxylic acids is 1. The maximum atomic E-state index is 13.2. The highest BCUT2D eigenvalue weighted by molar-refractivity contribution is 5.76. The second kappa shape index (κ2) is 7.23. The molecule has 2 heterocycles. The van der Waals surface area contributed by atoms with Crippen molar-refractivity contribution in [1.82, 2.24) is 9.80 Å². The molecule has 0 aliphatic carbocycles. The number of rotatable bonds is 4. The van der Waals surface area contributed by atoms with E-state index in [1.807, 2.05) is 0 Å². The second-order valence-corrected chi connectivity index (χ2v) is 6.06. The van der Waals surface area contributed by atoms with Crippen molar-refractivity contribution < 1.29 is 23.0 Å². The zero-order valence-corrected chi connectivity index (χ0v) is 14.0. The van der Waals surface area contributed by atoms with Gasteiger partial charge in [0.05, 0.1) is 19.3 Å². The molecule has 25 heavy (non-hydrogen) atoms. The van der Waals surface area contributed by atoms with E-state index in [9.17, 15) is 13.6 Å². The maximum Gasteiger partial charge on any atom is 0.225 e. The first-order valence-electron chi connectivity index (χ1n) is 8.05. The maximum absolute atomic E-state index is 13.2. The Hall–Kier alpha value is -2.41. The molecule has 1 aromatic rings. The number of halogens is 2. The van der Waals surface area contributed by atoms with Gasteiger partial charge < -0.3 is 14.4 Å². The van der Waals surface area contributed by atoms with Gasteiger partial charge in [0.25, 0.3) is 0 Å². The van der Waals surface area contributed by atoms with Gasteiger partial charge in [0.2, 0.25) is 5.91 Å². The van der Waals surface area contributed by atoms with Crippen LogP contribution in [0.3, 0.4) is 0 Å². The zero-order chi connectivity index (χ0) is 18.0. The van der Waals surface area contributed by atoms with Gasteiger partial charge in [0, 0.05) is 26.1 Å². The number of carbonyl (C=O) groups is 1. The monoisotopic (exact) mass is 350 g/mol. The van der Waals surface area contributed by atoms with Crippen LogP contribution in [0.4, 0.5) is 8.78 Å². The van der Waals surface area contributed by atoms with Crippen LogP contribution in [0, 0.1) is 11.6 Å². The average Bonchev–Trinajstić information content (AvgIpc) is 2.95. The minimum atomic E-state index is -0.917. The van der Waals surface area contributed by atoms with Crippen molar-refractivity contribution in [2.24, 2.45) is 0 Å². The van der Waals surface area contributed by atoms with Crippen molar-refractivity contribution in [1.29, 1.82) is 0 Å². The number of ether oxygens (including phenoxy) is 2. The summed E-state index contributed by atoms with van der Waals surface area (Å²) in [5, 5.41) is 0. The van der Waals surface area contributed by atoms with E-state index in [4.69, 9.17) is 9.47 Å². The predicted octanol–water partition coefficient (Wildman–Crippen LogP) is 2.40. The van der Waals surface area contributed by atoms with Gasteiger partial charge in [-0.2, -0.15) is 0 Å². The summed E-state index contributed by atoms with van der Waals surface area (Å²) >= 11 is 0. The van der Waals surface area contributed by atoms with E-state index in [0.29, 0.717) is 37.6 Å². The molecule has 0 bridgehead atoms. The number of benzene rings is 1. The lowest BCUT2D eigenvalue weighted by molar-refractivity contribution is -0.126. The number of amides is 1. The molecule has 7 heteroatoms. The van der Waals surface area contributed by atoms with Gasteiger partial charge in [0.15, 0.2) is 11.6 Å². The van der Waals surface area contributed by atoms with Crippen molar-refractivity contribution in [3.05, 3.63) is 59.6 Å². The van der Waals surface area contributed by atoms with Gasteiger partial charge in [-0.3, -0.25) is 9.69 Å². The molecule has 1 atom stereocenters.